The van der Waals surface area contributed by atoms with Gasteiger partial charge in [0, 0.05) is 25.2 Å². The fourth-order valence-corrected chi connectivity index (χ4v) is 1.80. The van der Waals surface area contributed by atoms with Gasteiger partial charge in [-0.1, -0.05) is 6.07 Å². The van der Waals surface area contributed by atoms with Gasteiger partial charge >= 0.3 is 0 Å². The van der Waals surface area contributed by atoms with Gasteiger partial charge in [-0.2, -0.15) is 4.98 Å². The molecule has 4 heteroatoms. The van der Waals surface area contributed by atoms with Gasteiger partial charge in [-0.25, -0.2) is 0 Å². The molecule has 1 fully saturated rings. The molecule has 0 radical (unpaired) electrons. The van der Waals surface area contributed by atoms with E-state index in [4.69, 9.17) is 4.74 Å². The van der Waals surface area contributed by atoms with Crippen molar-refractivity contribution in [2.24, 2.45) is 0 Å². The number of nitrogens with one attached hydrogen (secondary N) is 1. The van der Waals surface area contributed by atoms with Crippen molar-refractivity contribution < 1.29 is 4.74 Å². The molecule has 0 bridgehead atoms. The Bertz CT molecular complexity index is 352. The molecule has 1 aliphatic rings. The lowest BCUT2D eigenvalue weighted by molar-refractivity contribution is 0.326. The predicted molar refractivity (Wildman–Crippen MR) is 69.5 cm³/mol. The van der Waals surface area contributed by atoms with Crippen LogP contribution in [0.5, 0.6) is 5.88 Å². The largest absolute Gasteiger partial charge is 0.478 e. The van der Waals surface area contributed by atoms with Crippen LogP contribution in [0, 0.1) is 0 Å². The summed E-state index contributed by atoms with van der Waals surface area (Å²) in [5.74, 6) is 1.58. The molecular weight excluding hydrogens is 214 g/mol. The average molecular weight is 235 g/mol. The molecule has 0 unspecified atom stereocenters. The third kappa shape index (κ3) is 3.89. The van der Waals surface area contributed by atoms with Gasteiger partial charge in [-0.3, -0.25) is 0 Å². The van der Waals surface area contributed by atoms with Crippen LogP contribution in [0.25, 0.3) is 0 Å². The van der Waals surface area contributed by atoms with Crippen molar-refractivity contribution in [3.05, 3.63) is 18.2 Å². The molecule has 4 nitrogen and oxygen atoms in total. The van der Waals surface area contributed by atoms with Crippen molar-refractivity contribution in [2.45, 2.75) is 25.8 Å². The van der Waals surface area contributed by atoms with Crippen LogP contribution in [-0.4, -0.2) is 42.7 Å². The summed E-state index contributed by atoms with van der Waals surface area (Å²) in [6.07, 6.45) is 2.71. The first kappa shape index (κ1) is 12.2. The van der Waals surface area contributed by atoms with Crippen LogP contribution in [0.1, 0.15) is 19.8 Å². The maximum Gasteiger partial charge on any atom is 0.215 e. The maximum absolute atomic E-state index is 5.36. The Hall–Kier alpha value is -1.29. The second-order valence-corrected chi connectivity index (χ2v) is 4.43. The van der Waals surface area contributed by atoms with Crippen LogP contribution in [0.3, 0.4) is 0 Å². The standard InChI is InChI=1S/C13H21N3O/c1-3-17-13-6-4-5-12(15-13)14-9-10-16(2)11-7-8-11/h4-6,11H,3,7-10H2,1-2H3,(H,14,15). The van der Waals surface area contributed by atoms with E-state index in [0.717, 1.165) is 24.9 Å². The lowest BCUT2D eigenvalue weighted by Crippen LogP contribution is -2.27. The quantitative estimate of drug-likeness (QED) is 0.784. The number of nitrogens with zero attached hydrogens (tertiary/aromatic N) is 2. The van der Waals surface area contributed by atoms with Crippen LogP contribution >= 0.6 is 0 Å². The zero-order valence-electron chi connectivity index (χ0n) is 10.6. The monoisotopic (exact) mass is 235 g/mol. The smallest absolute Gasteiger partial charge is 0.215 e. The first-order valence-corrected chi connectivity index (χ1v) is 6.33. The zero-order chi connectivity index (χ0) is 12.1. The van der Waals surface area contributed by atoms with Gasteiger partial charge in [0.15, 0.2) is 0 Å². The number of anilines is 1. The molecule has 1 aliphatic carbocycles. The molecule has 1 heterocycles. The van der Waals surface area contributed by atoms with Crippen molar-refractivity contribution in [2.75, 3.05) is 32.1 Å². The summed E-state index contributed by atoms with van der Waals surface area (Å²) in [5, 5.41) is 3.32. The molecule has 0 saturated heterocycles. The van der Waals surface area contributed by atoms with Crippen LogP contribution in [0.2, 0.25) is 0 Å². The van der Waals surface area contributed by atoms with E-state index in [2.05, 4.69) is 22.2 Å². The number of pyridine rings is 1. The van der Waals surface area contributed by atoms with Crippen LogP contribution in [0.15, 0.2) is 18.2 Å². The molecule has 1 N–H and O–H groups in total. The minimum atomic E-state index is 0.654. The van der Waals surface area contributed by atoms with E-state index >= 15 is 0 Å². The highest BCUT2D eigenvalue weighted by atomic mass is 16.5. The second kappa shape index (κ2) is 5.87. The molecule has 1 saturated carbocycles. The van der Waals surface area contributed by atoms with Gasteiger partial charge in [0.25, 0.3) is 0 Å². The Morgan fingerprint density at radius 1 is 1.47 bits per heavy atom. The number of aromatic nitrogens is 1. The first-order chi connectivity index (χ1) is 8.29. The molecule has 0 aliphatic heterocycles. The van der Waals surface area contributed by atoms with E-state index in [0.29, 0.717) is 12.5 Å². The molecule has 1 aromatic rings. The van der Waals surface area contributed by atoms with Crippen molar-refractivity contribution in [1.82, 2.24) is 9.88 Å². The van der Waals surface area contributed by atoms with Crippen molar-refractivity contribution >= 4 is 5.82 Å². The van der Waals surface area contributed by atoms with E-state index in [1.54, 1.807) is 0 Å². The normalized spacial score (nSPS) is 15.0. The summed E-state index contributed by atoms with van der Waals surface area (Å²) in [7, 11) is 2.18. The fraction of sp³-hybridized carbons (Fsp3) is 0.615. The Kier molecular flexibility index (Phi) is 4.20. The Balaban J connectivity index is 1.75. The summed E-state index contributed by atoms with van der Waals surface area (Å²) in [6, 6.07) is 6.63. The summed E-state index contributed by atoms with van der Waals surface area (Å²) < 4.78 is 5.36. The molecule has 0 aromatic carbocycles. The van der Waals surface area contributed by atoms with E-state index in [-0.39, 0.29) is 0 Å². The number of hydrogen-bond donors (Lipinski definition) is 1. The Morgan fingerprint density at radius 3 is 3.00 bits per heavy atom. The van der Waals surface area contributed by atoms with Crippen molar-refractivity contribution in [1.29, 1.82) is 0 Å². The molecule has 0 amide bonds. The van der Waals surface area contributed by atoms with Crippen LogP contribution in [-0.2, 0) is 0 Å². The zero-order valence-corrected chi connectivity index (χ0v) is 10.6. The van der Waals surface area contributed by atoms with Gasteiger partial charge < -0.3 is 15.0 Å². The lowest BCUT2D eigenvalue weighted by atomic mass is 10.4. The predicted octanol–water partition coefficient (Wildman–Crippen LogP) is 1.99. The van der Waals surface area contributed by atoms with Crippen molar-refractivity contribution in [3.63, 3.8) is 0 Å². The molecule has 0 atom stereocenters. The maximum atomic E-state index is 5.36. The van der Waals surface area contributed by atoms with Gasteiger partial charge in [-0.15, -0.1) is 0 Å². The highest BCUT2D eigenvalue weighted by Gasteiger charge is 2.25. The topological polar surface area (TPSA) is 37.4 Å². The number of ether oxygens (including phenoxy) is 1. The van der Waals surface area contributed by atoms with Gasteiger partial charge in [0.1, 0.15) is 5.82 Å². The van der Waals surface area contributed by atoms with Crippen LogP contribution in [0.4, 0.5) is 5.82 Å². The fourth-order valence-electron chi connectivity index (χ4n) is 1.80. The molecular formula is C13H21N3O. The number of rotatable bonds is 7. The Morgan fingerprint density at radius 2 is 2.29 bits per heavy atom. The molecule has 0 spiro atoms. The summed E-state index contributed by atoms with van der Waals surface area (Å²) >= 11 is 0. The molecule has 1 aromatic heterocycles. The highest BCUT2D eigenvalue weighted by Crippen LogP contribution is 2.24. The molecule has 2 rings (SSSR count). The van der Waals surface area contributed by atoms with E-state index in [1.807, 2.05) is 25.1 Å². The average Bonchev–Trinajstić information content (AvgIpc) is 3.14. The van der Waals surface area contributed by atoms with Gasteiger partial charge in [0.2, 0.25) is 5.88 Å². The van der Waals surface area contributed by atoms with E-state index in [9.17, 15) is 0 Å². The minimum Gasteiger partial charge on any atom is -0.478 e. The highest BCUT2D eigenvalue weighted by molar-refractivity contribution is 5.36. The first-order valence-electron chi connectivity index (χ1n) is 6.33. The van der Waals surface area contributed by atoms with Gasteiger partial charge in [-0.05, 0) is 32.9 Å². The summed E-state index contributed by atoms with van der Waals surface area (Å²) in [5.41, 5.74) is 0. The lowest BCUT2D eigenvalue weighted by Gasteiger charge is -2.16. The molecule has 17 heavy (non-hydrogen) atoms. The second-order valence-electron chi connectivity index (χ2n) is 4.43. The molecule has 94 valence electrons. The summed E-state index contributed by atoms with van der Waals surface area (Å²) in [6.45, 7) is 4.61. The number of hydrogen-bond acceptors (Lipinski definition) is 4. The minimum absolute atomic E-state index is 0.654. The SMILES string of the molecule is CCOc1cccc(NCCN(C)C2CC2)n1. The third-order valence-electron chi connectivity index (χ3n) is 2.96. The summed E-state index contributed by atoms with van der Waals surface area (Å²) in [4.78, 5) is 6.77. The van der Waals surface area contributed by atoms with Crippen molar-refractivity contribution in [3.8, 4) is 5.88 Å². The van der Waals surface area contributed by atoms with E-state index in [1.165, 1.54) is 12.8 Å². The van der Waals surface area contributed by atoms with Gasteiger partial charge in [0.05, 0.1) is 6.61 Å². The number of likely N-dealkylation sites (N-methyl/N-ethyl adjacent to an activating group) is 1. The Labute approximate surface area is 103 Å². The van der Waals surface area contributed by atoms with Crippen LogP contribution < -0.4 is 10.1 Å². The van der Waals surface area contributed by atoms with E-state index < -0.39 is 0 Å². The third-order valence-corrected chi connectivity index (χ3v) is 2.96.